The number of rotatable bonds is 6. The van der Waals surface area contributed by atoms with Crippen LogP contribution >= 0.6 is 0 Å². The molecule has 1 aromatic heterocycles. The van der Waals surface area contributed by atoms with Gasteiger partial charge in [0.2, 0.25) is 0 Å². The summed E-state index contributed by atoms with van der Waals surface area (Å²) in [6, 6.07) is 3.70. The van der Waals surface area contributed by atoms with Crippen LogP contribution in [0.3, 0.4) is 0 Å². The topological polar surface area (TPSA) is 63.2 Å². The van der Waals surface area contributed by atoms with E-state index in [1.807, 2.05) is 19.1 Å². The maximum atomic E-state index is 12.3. The Bertz CT molecular complexity index is 482. The number of ether oxygens (including phenoxy) is 1. The summed E-state index contributed by atoms with van der Waals surface area (Å²) >= 11 is 0. The lowest BCUT2D eigenvalue weighted by molar-refractivity contribution is 0.0945. The summed E-state index contributed by atoms with van der Waals surface area (Å²) in [5.41, 5.74) is 1.60. The van der Waals surface area contributed by atoms with Crippen molar-refractivity contribution in [3.8, 4) is 0 Å². The monoisotopic (exact) mass is 291 g/mol. The second-order valence-electron chi connectivity index (χ2n) is 5.79. The second kappa shape index (κ2) is 7.41. The summed E-state index contributed by atoms with van der Waals surface area (Å²) < 4.78 is 5.33. The molecule has 1 atom stereocenters. The molecule has 1 fully saturated rings. The smallest absolute Gasteiger partial charge is 0.251 e. The van der Waals surface area contributed by atoms with Crippen LogP contribution in [0.4, 0.5) is 5.82 Å². The van der Waals surface area contributed by atoms with Crippen molar-refractivity contribution >= 4 is 11.7 Å². The third kappa shape index (κ3) is 4.43. The van der Waals surface area contributed by atoms with E-state index in [0.717, 1.165) is 37.7 Å². The van der Waals surface area contributed by atoms with Gasteiger partial charge in [0.1, 0.15) is 5.82 Å². The van der Waals surface area contributed by atoms with Gasteiger partial charge in [-0.3, -0.25) is 4.79 Å². The molecule has 1 amide bonds. The highest BCUT2D eigenvalue weighted by atomic mass is 16.5. The molecule has 2 heterocycles. The molecule has 1 aliphatic heterocycles. The molecular formula is C16H25N3O2. The van der Waals surface area contributed by atoms with Gasteiger partial charge in [-0.05, 0) is 31.4 Å². The lowest BCUT2D eigenvalue weighted by Crippen LogP contribution is -2.29. The van der Waals surface area contributed by atoms with Crippen molar-refractivity contribution in [3.05, 3.63) is 23.4 Å². The molecule has 5 nitrogen and oxygen atoms in total. The van der Waals surface area contributed by atoms with Crippen LogP contribution in [0.2, 0.25) is 0 Å². The third-order valence-corrected chi connectivity index (χ3v) is 3.63. The van der Waals surface area contributed by atoms with Gasteiger partial charge in [-0.2, -0.15) is 0 Å². The van der Waals surface area contributed by atoms with E-state index in [4.69, 9.17) is 4.74 Å². The van der Waals surface area contributed by atoms with Gasteiger partial charge in [-0.25, -0.2) is 4.98 Å². The fourth-order valence-electron chi connectivity index (χ4n) is 2.33. The molecule has 1 aromatic rings. The minimum atomic E-state index is -0.0367. The minimum Gasteiger partial charge on any atom is -0.381 e. The van der Waals surface area contributed by atoms with Crippen LogP contribution < -0.4 is 10.6 Å². The average Bonchev–Trinajstić information content (AvgIpc) is 2.98. The average molecular weight is 291 g/mol. The van der Waals surface area contributed by atoms with E-state index < -0.39 is 0 Å². The molecule has 1 aliphatic rings. The van der Waals surface area contributed by atoms with Gasteiger partial charge in [-0.1, -0.05) is 13.8 Å². The van der Waals surface area contributed by atoms with Crippen LogP contribution in [0.5, 0.6) is 0 Å². The first kappa shape index (κ1) is 15.8. The number of amides is 1. The van der Waals surface area contributed by atoms with Crippen molar-refractivity contribution in [3.63, 3.8) is 0 Å². The Labute approximate surface area is 126 Å². The number of aromatic nitrogens is 1. The number of hydrogen-bond donors (Lipinski definition) is 2. The maximum Gasteiger partial charge on any atom is 0.251 e. The van der Waals surface area contributed by atoms with Gasteiger partial charge in [0, 0.05) is 36.9 Å². The number of nitrogens with zero attached hydrogens (tertiary/aromatic N) is 1. The molecule has 0 radical (unpaired) electrons. The largest absolute Gasteiger partial charge is 0.381 e. The summed E-state index contributed by atoms with van der Waals surface area (Å²) in [5, 5.41) is 6.19. The molecule has 0 spiro atoms. The maximum absolute atomic E-state index is 12.3. The molecule has 2 N–H and O–H groups in total. The van der Waals surface area contributed by atoms with E-state index in [1.54, 1.807) is 0 Å². The van der Waals surface area contributed by atoms with E-state index in [-0.39, 0.29) is 5.91 Å². The Kier molecular flexibility index (Phi) is 5.56. The van der Waals surface area contributed by atoms with Crippen molar-refractivity contribution in [1.82, 2.24) is 10.3 Å². The number of anilines is 1. The van der Waals surface area contributed by atoms with Crippen LogP contribution in [0, 0.1) is 5.92 Å². The lowest BCUT2D eigenvalue weighted by atomic mass is 10.1. The molecule has 0 aliphatic carbocycles. The predicted octanol–water partition coefficient (Wildman–Crippen LogP) is 2.40. The van der Waals surface area contributed by atoms with Crippen LogP contribution in [-0.4, -0.2) is 37.2 Å². The van der Waals surface area contributed by atoms with Gasteiger partial charge in [0.15, 0.2) is 0 Å². The predicted molar refractivity (Wildman–Crippen MR) is 83.7 cm³/mol. The van der Waals surface area contributed by atoms with Crippen LogP contribution in [0.25, 0.3) is 0 Å². The van der Waals surface area contributed by atoms with Crippen molar-refractivity contribution in [2.45, 2.75) is 33.1 Å². The molecule has 0 saturated carbocycles. The SMILES string of the molecule is CCNc1cc(C(=O)NCC2CCOC2)cc(C(C)C)n1. The van der Waals surface area contributed by atoms with Gasteiger partial charge in [0.25, 0.3) is 5.91 Å². The zero-order valence-corrected chi connectivity index (χ0v) is 13.1. The Balaban J connectivity index is 2.06. The fraction of sp³-hybridized carbons (Fsp3) is 0.625. The third-order valence-electron chi connectivity index (χ3n) is 3.63. The highest BCUT2D eigenvalue weighted by Crippen LogP contribution is 2.18. The van der Waals surface area contributed by atoms with E-state index >= 15 is 0 Å². The molecule has 1 saturated heterocycles. The van der Waals surface area contributed by atoms with Crippen molar-refractivity contribution in [2.24, 2.45) is 5.92 Å². The fourth-order valence-corrected chi connectivity index (χ4v) is 2.33. The highest BCUT2D eigenvalue weighted by Gasteiger charge is 2.17. The quantitative estimate of drug-likeness (QED) is 0.845. The number of carbonyl (C=O) groups excluding carboxylic acids is 1. The molecule has 116 valence electrons. The molecule has 1 unspecified atom stereocenters. The van der Waals surface area contributed by atoms with Crippen molar-refractivity contribution < 1.29 is 9.53 Å². The first-order valence-electron chi connectivity index (χ1n) is 7.72. The van der Waals surface area contributed by atoms with Crippen molar-refractivity contribution in [2.75, 3.05) is 31.6 Å². The molecule has 2 rings (SSSR count). The Hall–Kier alpha value is -1.62. The van der Waals surface area contributed by atoms with Gasteiger partial charge in [-0.15, -0.1) is 0 Å². The van der Waals surface area contributed by atoms with Crippen LogP contribution in [0.15, 0.2) is 12.1 Å². The van der Waals surface area contributed by atoms with E-state index in [9.17, 15) is 4.79 Å². The highest BCUT2D eigenvalue weighted by molar-refractivity contribution is 5.95. The summed E-state index contributed by atoms with van der Waals surface area (Å²) in [6.45, 7) is 9.19. The number of hydrogen-bond acceptors (Lipinski definition) is 4. The first-order valence-corrected chi connectivity index (χ1v) is 7.72. The standard InChI is InChI=1S/C16H25N3O2/c1-4-17-15-8-13(7-14(19-15)11(2)3)16(20)18-9-12-5-6-21-10-12/h7-8,11-12H,4-6,9-10H2,1-3H3,(H,17,19)(H,18,20). The van der Waals surface area contributed by atoms with Gasteiger partial charge in [0.05, 0.1) is 6.61 Å². The van der Waals surface area contributed by atoms with Gasteiger partial charge >= 0.3 is 0 Å². The van der Waals surface area contributed by atoms with E-state index in [0.29, 0.717) is 23.9 Å². The molecular weight excluding hydrogens is 266 g/mol. The molecule has 21 heavy (non-hydrogen) atoms. The molecule has 0 bridgehead atoms. The number of pyridine rings is 1. The summed E-state index contributed by atoms with van der Waals surface area (Å²) in [7, 11) is 0. The van der Waals surface area contributed by atoms with E-state index in [2.05, 4.69) is 29.5 Å². The Morgan fingerprint density at radius 3 is 2.90 bits per heavy atom. The Morgan fingerprint density at radius 2 is 2.29 bits per heavy atom. The second-order valence-corrected chi connectivity index (χ2v) is 5.79. The van der Waals surface area contributed by atoms with E-state index in [1.165, 1.54) is 0 Å². The minimum absolute atomic E-state index is 0.0367. The molecule has 0 aromatic carbocycles. The van der Waals surface area contributed by atoms with Crippen LogP contribution in [0.1, 0.15) is 49.2 Å². The van der Waals surface area contributed by atoms with Gasteiger partial charge < -0.3 is 15.4 Å². The van der Waals surface area contributed by atoms with Crippen LogP contribution in [-0.2, 0) is 4.74 Å². The summed E-state index contributed by atoms with van der Waals surface area (Å²) in [6.07, 6.45) is 1.02. The number of carbonyl (C=O) groups is 1. The normalized spacial score (nSPS) is 18.0. The lowest BCUT2D eigenvalue weighted by Gasteiger charge is -2.13. The first-order chi connectivity index (χ1) is 10.1. The summed E-state index contributed by atoms with van der Waals surface area (Å²) in [5.74, 6) is 1.45. The molecule has 5 heteroatoms. The zero-order chi connectivity index (χ0) is 15.2. The van der Waals surface area contributed by atoms with Crippen molar-refractivity contribution in [1.29, 1.82) is 0 Å². The summed E-state index contributed by atoms with van der Waals surface area (Å²) in [4.78, 5) is 16.9. The Morgan fingerprint density at radius 1 is 1.48 bits per heavy atom. The zero-order valence-electron chi connectivity index (χ0n) is 13.1. The number of nitrogens with one attached hydrogen (secondary N) is 2.